The molecule has 0 radical (unpaired) electrons. The molecule has 0 aromatic heterocycles. The molecule has 1 atom stereocenters. The molecule has 0 aromatic rings. The van der Waals surface area contributed by atoms with E-state index in [1.165, 1.54) is 0 Å². The highest BCUT2D eigenvalue weighted by Gasteiger charge is 2.07. The van der Waals surface area contributed by atoms with Gasteiger partial charge in [0.05, 0.1) is 6.04 Å². The van der Waals surface area contributed by atoms with E-state index in [1.54, 1.807) is 0 Å². The molecule has 0 rings (SSSR count). The summed E-state index contributed by atoms with van der Waals surface area (Å²) in [4.78, 5) is 10.8. The van der Waals surface area contributed by atoms with Crippen LogP contribution in [0, 0.1) is 0 Å². The van der Waals surface area contributed by atoms with E-state index in [9.17, 15) is 4.79 Å². The van der Waals surface area contributed by atoms with E-state index < -0.39 is 0 Å². The van der Waals surface area contributed by atoms with E-state index in [-0.39, 0.29) is 11.8 Å². The highest BCUT2D eigenvalue weighted by atomic mass is 16.1. The van der Waals surface area contributed by atoms with Crippen molar-refractivity contribution in [1.82, 2.24) is 0 Å². The Balaban J connectivity index is 0. The Morgan fingerprint density at radius 1 is 1.36 bits per heavy atom. The zero-order valence-corrected chi connectivity index (χ0v) is 8.18. The number of carbonyl (C=O) groups is 1. The summed E-state index contributed by atoms with van der Waals surface area (Å²) < 4.78 is 0. The molecular formula is C9H21NO. The van der Waals surface area contributed by atoms with Crippen LogP contribution in [-0.4, -0.2) is 11.8 Å². The molecular weight excluding hydrogens is 138 g/mol. The molecule has 11 heavy (non-hydrogen) atoms. The van der Waals surface area contributed by atoms with E-state index >= 15 is 0 Å². The van der Waals surface area contributed by atoms with Crippen LogP contribution in [0.15, 0.2) is 0 Å². The maximum Gasteiger partial charge on any atom is 0.149 e. The minimum Gasteiger partial charge on any atom is -0.322 e. The number of ketones is 1. The first kappa shape index (κ1) is 13.2. The van der Waals surface area contributed by atoms with Gasteiger partial charge in [-0.25, -0.2) is 0 Å². The van der Waals surface area contributed by atoms with Gasteiger partial charge in [0.15, 0.2) is 0 Å². The molecule has 0 amide bonds. The molecule has 68 valence electrons. The number of carbonyl (C=O) groups excluding carboxylic acids is 1. The highest BCUT2D eigenvalue weighted by molar-refractivity contribution is 5.83. The molecule has 2 N–H and O–H groups in total. The van der Waals surface area contributed by atoms with Crippen LogP contribution in [0.25, 0.3) is 0 Å². The normalized spacial score (nSPS) is 11.4. The van der Waals surface area contributed by atoms with E-state index in [4.69, 9.17) is 5.73 Å². The Kier molecular flexibility index (Phi) is 11.6. The van der Waals surface area contributed by atoms with Crippen molar-refractivity contribution < 1.29 is 4.79 Å². The summed E-state index contributed by atoms with van der Waals surface area (Å²) in [7, 11) is 0. The molecule has 0 bridgehead atoms. The van der Waals surface area contributed by atoms with Crippen molar-refractivity contribution in [3.63, 3.8) is 0 Å². The fourth-order valence-corrected chi connectivity index (χ4v) is 0.734. The van der Waals surface area contributed by atoms with Crippen molar-refractivity contribution in [2.75, 3.05) is 0 Å². The van der Waals surface area contributed by atoms with Crippen molar-refractivity contribution in [3.8, 4) is 0 Å². The summed E-state index contributed by atoms with van der Waals surface area (Å²) in [6, 6.07) is -0.208. The van der Waals surface area contributed by atoms with Gasteiger partial charge in [-0.3, -0.25) is 4.79 Å². The molecule has 0 saturated carbocycles. The van der Waals surface area contributed by atoms with Crippen LogP contribution in [0.4, 0.5) is 0 Å². The molecule has 0 spiro atoms. The summed E-state index contributed by atoms with van der Waals surface area (Å²) in [5, 5.41) is 0. The van der Waals surface area contributed by atoms with Crippen LogP contribution < -0.4 is 5.73 Å². The summed E-state index contributed by atoms with van der Waals surface area (Å²) in [5.41, 5.74) is 5.49. The standard InChI is InChI=1S/C7H15NO.C2H6/c1-3-5-6(8)7(9)4-2;1-2/h6H,3-5,8H2,1-2H3;1-2H3. The van der Waals surface area contributed by atoms with Gasteiger partial charge in [0.1, 0.15) is 5.78 Å². The topological polar surface area (TPSA) is 43.1 Å². The van der Waals surface area contributed by atoms with E-state index in [2.05, 4.69) is 0 Å². The molecule has 2 heteroatoms. The molecule has 2 nitrogen and oxygen atoms in total. The zero-order chi connectivity index (χ0) is 9.28. The molecule has 0 aliphatic carbocycles. The fraction of sp³-hybridized carbons (Fsp3) is 0.889. The minimum atomic E-state index is -0.208. The molecule has 0 aliphatic rings. The highest BCUT2D eigenvalue weighted by Crippen LogP contribution is 1.96. The van der Waals surface area contributed by atoms with Crippen molar-refractivity contribution in [1.29, 1.82) is 0 Å². The van der Waals surface area contributed by atoms with Gasteiger partial charge in [0.2, 0.25) is 0 Å². The van der Waals surface area contributed by atoms with Gasteiger partial charge in [-0.2, -0.15) is 0 Å². The predicted molar refractivity (Wildman–Crippen MR) is 49.5 cm³/mol. The number of hydrogen-bond donors (Lipinski definition) is 1. The smallest absolute Gasteiger partial charge is 0.149 e. The lowest BCUT2D eigenvalue weighted by atomic mass is 10.1. The molecule has 0 heterocycles. The first-order chi connectivity index (χ1) is 5.22. The second-order valence-corrected chi connectivity index (χ2v) is 2.22. The summed E-state index contributed by atoms with van der Waals surface area (Å²) >= 11 is 0. The third kappa shape index (κ3) is 7.53. The largest absolute Gasteiger partial charge is 0.322 e. The maximum absolute atomic E-state index is 10.8. The molecule has 0 saturated heterocycles. The van der Waals surface area contributed by atoms with E-state index in [0.717, 1.165) is 12.8 Å². The van der Waals surface area contributed by atoms with Gasteiger partial charge >= 0.3 is 0 Å². The average molecular weight is 159 g/mol. The second kappa shape index (κ2) is 9.63. The fourth-order valence-electron chi connectivity index (χ4n) is 0.734. The lowest BCUT2D eigenvalue weighted by Gasteiger charge is -2.05. The number of Topliss-reactive ketones (excluding diaryl/α,β-unsaturated/α-hetero) is 1. The van der Waals surface area contributed by atoms with Gasteiger partial charge in [-0.15, -0.1) is 0 Å². The minimum absolute atomic E-state index is 0.178. The molecule has 0 aliphatic heterocycles. The van der Waals surface area contributed by atoms with Gasteiger partial charge < -0.3 is 5.73 Å². The second-order valence-electron chi connectivity index (χ2n) is 2.22. The van der Waals surface area contributed by atoms with Crippen LogP contribution >= 0.6 is 0 Å². The molecule has 0 fully saturated rings. The third-order valence-corrected chi connectivity index (χ3v) is 1.36. The van der Waals surface area contributed by atoms with Crippen LogP contribution in [-0.2, 0) is 4.79 Å². The summed E-state index contributed by atoms with van der Waals surface area (Å²) in [5.74, 6) is 0.178. The van der Waals surface area contributed by atoms with Crippen molar-refractivity contribution >= 4 is 5.78 Å². The predicted octanol–water partition coefficient (Wildman–Crippen LogP) is 2.12. The number of rotatable bonds is 4. The molecule has 0 aromatic carbocycles. The van der Waals surface area contributed by atoms with Gasteiger partial charge in [0.25, 0.3) is 0 Å². The van der Waals surface area contributed by atoms with Crippen molar-refractivity contribution in [3.05, 3.63) is 0 Å². The average Bonchev–Trinajstić information content (AvgIpc) is 2.07. The third-order valence-electron chi connectivity index (χ3n) is 1.36. The van der Waals surface area contributed by atoms with Gasteiger partial charge in [-0.1, -0.05) is 34.1 Å². The monoisotopic (exact) mass is 159 g/mol. The lowest BCUT2D eigenvalue weighted by molar-refractivity contribution is -0.120. The first-order valence-corrected chi connectivity index (χ1v) is 4.50. The van der Waals surface area contributed by atoms with E-state index in [1.807, 2.05) is 27.7 Å². The van der Waals surface area contributed by atoms with Crippen molar-refractivity contribution in [2.45, 2.75) is 53.0 Å². The summed E-state index contributed by atoms with van der Waals surface area (Å²) in [6.45, 7) is 7.88. The lowest BCUT2D eigenvalue weighted by Crippen LogP contribution is -2.29. The van der Waals surface area contributed by atoms with Crippen LogP contribution in [0.5, 0.6) is 0 Å². The maximum atomic E-state index is 10.8. The SMILES string of the molecule is CC.CCCC(N)C(=O)CC. The van der Waals surface area contributed by atoms with Gasteiger partial charge in [-0.05, 0) is 6.42 Å². The quantitative estimate of drug-likeness (QED) is 0.682. The number of hydrogen-bond acceptors (Lipinski definition) is 2. The van der Waals surface area contributed by atoms with Crippen molar-refractivity contribution in [2.24, 2.45) is 5.73 Å². The van der Waals surface area contributed by atoms with E-state index in [0.29, 0.717) is 6.42 Å². The Hall–Kier alpha value is -0.370. The Morgan fingerprint density at radius 3 is 2.09 bits per heavy atom. The van der Waals surface area contributed by atoms with Gasteiger partial charge in [0, 0.05) is 6.42 Å². The Morgan fingerprint density at radius 2 is 1.82 bits per heavy atom. The van der Waals surface area contributed by atoms with Crippen LogP contribution in [0.1, 0.15) is 47.0 Å². The molecule has 1 unspecified atom stereocenters. The Bertz CT molecular complexity index is 91.6. The van der Waals surface area contributed by atoms with Crippen LogP contribution in [0.2, 0.25) is 0 Å². The van der Waals surface area contributed by atoms with Crippen LogP contribution in [0.3, 0.4) is 0 Å². The Labute approximate surface area is 70.2 Å². The number of nitrogens with two attached hydrogens (primary N) is 1. The zero-order valence-electron chi connectivity index (χ0n) is 8.18. The first-order valence-electron chi connectivity index (χ1n) is 4.50. The summed E-state index contributed by atoms with van der Waals surface area (Å²) in [6.07, 6.45) is 2.39.